The second-order valence-corrected chi connectivity index (χ2v) is 8.82. The van der Waals surface area contributed by atoms with Crippen molar-refractivity contribution in [1.29, 1.82) is 0 Å². The number of rotatable bonds is 4. The maximum absolute atomic E-state index is 6.15. The Balaban J connectivity index is 1.41. The van der Waals surface area contributed by atoms with Crippen molar-refractivity contribution < 1.29 is 4.42 Å². The lowest BCUT2D eigenvalue weighted by molar-refractivity contribution is 0.668. The first-order chi connectivity index (χ1) is 16.2. The molecule has 160 valence electrons. The van der Waals surface area contributed by atoms with Crippen molar-refractivity contribution in [2.24, 2.45) is 0 Å². The molecular formula is C31H25NO. The Labute approximate surface area is 193 Å². The highest BCUT2D eigenvalue weighted by molar-refractivity contribution is 6.05. The molecule has 0 atom stereocenters. The van der Waals surface area contributed by atoms with Crippen LogP contribution in [0.2, 0.25) is 0 Å². The molecular weight excluding hydrogens is 402 g/mol. The average Bonchev–Trinajstić information content (AvgIpc) is 3.22. The van der Waals surface area contributed by atoms with Crippen LogP contribution >= 0.6 is 0 Å². The van der Waals surface area contributed by atoms with E-state index in [-0.39, 0.29) is 0 Å². The minimum Gasteiger partial charge on any atom is -0.456 e. The molecule has 0 aliphatic carbocycles. The van der Waals surface area contributed by atoms with Gasteiger partial charge in [-0.15, -0.1) is 0 Å². The highest BCUT2D eigenvalue weighted by Gasteiger charge is 2.16. The molecule has 2 heteroatoms. The Bertz CT molecular complexity index is 1590. The van der Waals surface area contributed by atoms with Gasteiger partial charge in [-0.3, -0.25) is 0 Å². The molecule has 0 amide bonds. The molecule has 0 bridgehead atoms. The first-order valence-corrected chi connectivity index (χ1v) is 11.5. The van der Waals surface area contributed by atoms with Crippen molar-refractivity contribution in [2.75, 3.05) is 4.90 Å². The molecule has 0 aliphatic heterocycles. The van der Waals surface area contributed by atoms with Crippen molar-refractivity contribution in [3.63, 3.8) is 0 Å². The van der Waals surface area contributed by atoms with Crippen LogP contribution < -0.4 is 4.90 Å². The number of hydrogen-bond acceptors (Lipinski definition) is 2. The van der Waals surface area contributed by atoms with Gasteiger partial charge in [-0.2, -0.15) is 0 Å². The minimum absolute atomic E-state index is 0.301. The van der Waals surface area contributed by atoms with Gasteiger partial charge in [0, 0.05) is 34.3 Å². The van der Waals surface area contributed by atoms with Crippen molar-refractivity contribution in [1.82, 2.24) is 0 Å². The summed E-state index contributed by atoms with van der Waals surface area (Å²) in [6, 6.07) is 39.0. The zero-order valence-corrected chi connectivity index (χ0v) is 18.8. The third-order valence-electron chi connectivity index (χ3n) is 6.40. The van der Waals surface area contributed by atoms with E-state index in [2.05, 4.69) is 116 Å². The van der Waals surface area contributed by atoms with E-state index in [1.807, 2.05) is 12.1 Å². The molecule has 1 heterocycles. The predicted molar refractivity (Wildman–Crippen MR) is 140 cm³/mol. The fourth-order valence-corrected chi connectivity index (χ4v) is 4.89. The fourth-order valence-electron chi connectivity index (χ4n) is 4.89. The van der Waals surface area contributed by atoms with Gasteiger partial charge < -0.3 is 9.32 Å². The van der Waals surface area contributed by atoms with E-state index in [4.69, 9.17) is 4.42 Å². The molecule has 0 saturated heterocycles. The van der Waals surface area contributed by atoms with E-state index in [1.165, 1.54) is 27.6 Å². The van der Waals surface area contributed by atoms with E-state index in [0.717, 1.165) is 27.6 Å². The van der Waals surface area contributed by atoms with Gasteiger partial charge in [0.1, 0.15) is 11.2 Å². The van der Waals surface area contributed by atoms with Crippen LogP contribution in [0.15, 0.2) is 114 Å². The normalized spacial score (nSPS) is 11.6. The van der Waals surface area contributed by atoms with E-state index < -0.39 is 0 Å². The summed E-state index contributed by atoms with van der Waals surface area (Å²) >= 11 is 0. The maximum Gasteiger partial charge on any atom is 0.137 e. The summed E-state index contributed by atoms with van der Waals surface area (Å²) in [5.74, 6) is 0. The Hall–Kier alpha value is -4.04. The second kappa shape index (κ2) is 7.83. The van der Waals surface area contributed by atoms with Crippen LogP contribution in [0.1, 0.15) is 13.8 Å². The number of nitrogens with zero attached hydrogens (tertiary/aromatic N) is 1. The molecule has 0 N–H and O–H groups in total. The smallest absolute Gasteiger partial charge is 0.137 e. The molecule has 0 spiro atoms. The molecule has 0 fully saturated rings. The second-order valence-electron chi connectivity index (χ2n) is 8.82. The number of fused-ring (bicyclic) bond motifs is 4. The lowest BCUT2D eigenvalue weighted by Gasteiger charge is -2.29. The Morgan fingerprint density at radius 1 is 0.576 bits per heavy atom. The third kappa shape index (κ3) is 3.35. The molecule has 5 aromatic carbocycles. The minimum atomic E-state index is 0.301. The molecule has 6 rings (SSSR count). The van der Waals surface area contributed by atoms with Crippen LogP contribution in [0.3, 0.4) is 0 Å². The molecule has 0 radical (unpaired) electrons. The van der Waals surface area contributed by atoms with E-state index in [1.54, 1.807) is 0 Å². The van der Waals surface area contributed by atoms with Crippen molar-refractivity contribution in [2.45, 2.75) is 19.9 Å². The number of hydrogen-bond donors (Lipinski definition) is 0. The highest BCUT2D eigenvalue weighted by Crippen LogP contribution is 2.36. The zero-order valence-electron chi connectivity index (χ0n) is 18.8. The lowest BCUT2D eigenvalue weighted by atomic mass is 9.98. The van der Waals surface area contributed by atoms with Gasteiger partial charge >= 0.3 is 0 Å². The van der Waals surface area contributed by atoms with Crippen LogP contribution in [-0.2, 0) is 0 Å². The van der Waals surface area contributed by atoms with Gasteiger partial charge in [0.2, 0.25) is 0 Å². The Morgan fingerprint density at radius 2 is 1.24 bits per heavy atom. The van der Waals surface area contributed by atoms with Gasteiger partial charge in [0.05, 0.1) is 0 Å². The summed E-state index contributed by atoms with van der Waals surface area (Å²) in [6.45, 7) is 4.45. The van der Waals surface area contributed by atoms with Gasteiger partial charge in [-0.1, -0.05) is 72.8 Å². The summed E-state index contributed by atoms with van der Waals surface area (Å²) in [4.78, 5) is 2.36. The summed E-state index contributed by atoms with van der Waals surface area (Å²) in [5, 5.41) is 4.87. The molecule has 6 aromatic rings. The monoisotopic (exact) mass is 427 g/mol. The quantitative estimate of drug-likeness (QED) is 0.279. The summed E-state index contributed by atoms with van der Waals surface area (Å²) in [5.41, 5.74) is 6.65. The van der Waals surface area contributed by atoms with Crippen LogP contribution in [0.5, 0.6) is 0 Å². The SMILES string of the molecule is CC(C)N(c1ccc(-c2cccc3ccccc23)cc1)c1ccc2c(c1)oc1ccccc12. The maximum atomic E-state index is 6.15. The van der Waals surface area contributed by atoms with Crippen molar-refractivity contribution in [3.8, 4) is 11.1 Å². The number of furan rings is 1. The molecule has 1 aromatic heterocycles. The first-order valence-electron chi connectivity index (χ1n) is 11.5. The first kappa shape index (κ1) is 19.6. The van der Waals surface area contributed by atoms with E-state index in [9.17, 15) is 0 Å². The van der Waals surface area contributed by atoms with E-state index >= 15 is 0 Å². The molecule has 33 heavy (non-hydrogen) atoms. The van der Waals surface area contributed by atoms with Gasteiger partial charge in [0.15, 0.2) is 0 Å². The number of anilines is 2. The lowest BCUT2D eigenvalue weighted by Crippen LogP contribution is -2.25. The topological polar surface area (TPSA) is 16.4 Å². The summed E-state index contributed by atoms with van der Waals surface area (Å²) in [7, 11) is 0. The van der Waals surface area contributed by atoms with Gasteiger partial charge in [0.25, 0.3) is 0 Å². The van der Waals surface area contributed by atoms with Crippen LogP contribution in [-0.4, -0.2) is 6.04 Å². The predicted octanol–water partition coefficient (Wildman–Crippen LogP) is 8.95. The van der Waals surface area contributed by atoms with Crippen molar-refractivity contribution >= 4 is 44.1 Å². The molecule has 0 aliphatic rings. The largest absolute Gasteiger partial charge is 0.456 e. The Morgan fingerprint density at radius 3 is 2.06 bits per heavy atom. The average molecular weight is 428 g/mol. The van der Waals surface area contributed by atoms with Crippen LogP contribution in [0.4, 0.5) is 11.4 Å². The molecule has 0 saturated carbocycles. The summed E-state index contributed by atoms with van der Waals surface area (Å²) in [6.07, 6.45) is 0. The fraction of sp³-hybridized carbons (Fsp3) is 0.0968. The highest BCUT2D eigenvalue weighted by atomic mass is 16.3. The van der Waals surface area contributed by atoms with E-state index in [0.29, 0.717) is 6.04 Å². The molecule has 2 nitrogen and oxygen atoms in total. The van der Waals surface area contributed by atoms with Crippen LogP contribution in [0.25, 0.3) is 43.8 Å². The van der Waals surface area contributed by atoms with Crippen molar-refractivity contribution in [3.05, 3.63) is 109 Å². The number of benzene rings is 5. The Kier molecular flexibility index (Phi) is 4.66. The van der Waals surface area contributed by atoms with Crippen LogP contribution in [0, 0.1) is 0 Å². The van der Waals surface area contributed by atoms with Gasteiger partial charge in [-0.05, 0) is 66.1 Å². The summed E-state index contributed by atoms with van der Waals surface area (Å²) < 4.78 is 6.15. The number of para-hydroxylation sites is 1. The zero-order chi connectivity index (χ0) is 22.4. The van der Waals surface area contributed by atoms with Gasteiger partial charge in [-0.25, -0.2) is 0 Å². The molecule has 0 unspecified atom stereocenters. The standard InChI is InChI=1S/C31H25NO/c1-21(2)32(25-18-19-29-28-11-5-6-13-30(28)33-31(29)20-25)24-16-14-23(15-17-24)27-12-7-9-22-8-3-4-10-26(22)27/h3-21H,1-2H3. The third-order valence-corrected chi connectivity index (χ3v) is 6.40.